The van der Waals surface area contributed by atoms with E-state index in [2.05, 4.69) is 10.1 Å². The van der Waals surface area contributed by atoms with E-state index in [1.165, 1.54) is 54.2 Å². The topological polar surface area (TPSA) is 198 Å². The van der Waals surface area contributed by atoms with Gasteiger partial charge in [0, 0.05) is 29.4 Å². The van der Waals surface area contributed by atoms with E-state index in [9.17, 15) is 28.0 Å². The first-order valence-electron chi connectivity index (χ1n) is 17.0. The molecule has 298 valence electrons. The molecule has 0 amide bonds. The molecule has 1 aromatic heterocycles. The highest BCUT2D eigenvalue weighted by atomic mass is 32.2. The van der Waals surface area contributed by atoms with E-state index in [0.717, 1.165) is 18.2 Å². The molecular formula is C37H37F3N4O11S. The number of hydrogen-bond donors (Lipinski definition) is 1. The fourth-order valence-electron chi connectivity index (χ4n) is 5.23. The van der Waals surface area contributed by atoms with Crippen molar-refractivity contribution in [2.24, 2.45) is 0 Å². The van der Waals surface area contributed by atoms with Crippen molar-refractivity contribution in [3.63, 3.8) is 0 Å². The minimum atomic E-state index is -1.96. The molecule has 19 heteroatoms. The molecule has 4 rings (SSSR count). The Morgan fingerprint density at radius 2 is 1.79 bits per heavy atom. The zero-order chi connectivity index (χ0) is 40.7. The van der Waals surface area contributed by atoms with Crippen LogP contribution in [0.1, 0.15) is 49.8 Å². The lowest BCUT2D eigenvalue weighted by atomic mass is 9.89. The van der Waals surface area contributed by atoms with Crippen LogP contribution in [0.15, 0.2) is 67.3 Å². The van der Waals surface area contributed by atoms with Crippen molar-refractivity contribution in [1.82, 2.24) is 14.8 Å². The van der Waals surface area contributed by atoms with Crippen molar-refractivity contribution in [3.05, 3.63) is 101 Å². The van der Waals surface area contributed by atoms with Gasteiger partial charge in [0.25, 0.3) is 0 Å². The third kappa shape index (κ3) is 13.0. The van der Waals surface area contributed by atoms with Gasteiger partial charge in [0.1, 0.15) is 36.7 Å². The molecule has 1 aliphatic rings. The maximum atomic E-state index is 15.7. The predicted octanol–water partition coefficient (Wildman–Crippen LogP) is 5.44. The summed E-state index contributed by atoms with van der Waals surface area (Å²) in [5.74, 6) is -5.44. The van der Waals surface area contributed by atoms with Crippen molar-refractivity contribution in [3.8, 4) is 6.07 Å². The van der Waals surface area contributed by atoms with Crippen LogP contribution in [-0.4, -0.2) is 86.8 Å². The first-order valence-corrected chi connectivity index (χ1v) is 17.9. The molecule has 3 atom stereocenters. The molecule has 0 spiro atoms. The Balaban J connectivity index is 1.44. The molecule has 1 N–H and O–H groups in total. The van der Waals surface area contributed by atoms with Gasteiger partial charge in [-0.25, -0.2) is 27.6 Å². The minimum absolute atomic E-state index is 0.133. The molecule has 1 saturated heterocycles. The summed E-state index contributed by atoms with van der Waals surface area (Å²) in [6, 6.07) is 8.72. The second kappa shape index (κ2) is 20.8. The lowest BCUT2D eigenvalue weighted by molar-refractivity contribution is -0.173. The summed E-state index contributed by atoms with van der Waals surface area (Å²) in [5.41, 5.74) is -1.71. The lowest BCUT2D eigenvalue weighted by Gasteiger charge is -2.40. The summed E-state index contributed by atoms with van der Waals surface area (Å²) < 4.78 is 77.8. The van der Waals surface area contributed by atoms with Crippen LogP contribution in [-0.2, 0) is 55.0 Å². The van der Waals surface area contributed by atoms with Crippen molar-refractivity contribution in [2.45, 2.75) is 68.3 Å². The summed E-state index contributed by atoms with van der Waals surface area (Å²) >= 11 is 1.21. The monoisotopic (exact) mass is 802 g/mol. The second-order valence-electron chi connectivity index (χ2n) is 12.0. The number of nitriles is 1. The third-order valence-electron chi connectivity index (χ3n) is 7.92. The third-order valence-corrected chi connectivity index (χ3v) is 9.36. The number of hydrogen-bond acceptors (Lipinski definition) is 14. The van der Waals surface area contributed by atoms with Crippen LogP contribution in [0.4, 0.5) is 18.0 Å². The first kappa shape index (κ1) is 43.0. The number of nitrogens with zero attached hydrogens (tertiary/aromatic N) is 4. The smallest absolute Gasteiger partial charge is 0.481 e. The molecule has 0 aliphatic carbocycles. The number of ether oxygens (including phenoxy) is 6. The number of benzene rings is 2. The van der Waals surface area contributed by atoms with Gasteiger partial charge in [0.05, 0.1) is 55.9 Å². The molecule has 3 unspecified atom stereocenters. The Hall–Kier alpha value is -5.71. The Morgan fingerprint density at radius 3 is 2.45 bits per heavy atom. The summed E-state index contributed by atoms with van der Waals surface area (Å²) in [4.78, 5) is 51.9. The van der Waals surface area contributed by atoms with Crippen LogP contribution in [0, 0.1) is 28.8 Å². The fraction of sp³-hybridized carbons (Fsp3) is 0.378. The van der Waals surface area contributed by atoms with Gasteiger partial charge in [0.15, 0.2) is 11.9 Å². The van der Waals surface area contributed by atoms with E-state index in [1.54, 1.807) is 25.2 Å². The van der Waals surface area contributed by atoms with E-state index >= 15 is 4.39 Å². The van der Waals surface area contributed by atoms with Crippen LogP contribution in [0.3, 0.4) is 0 Å². The number of allylic oxidation sites excluding steroid dienone is 2. The van der Waals surface area contributed by atoms with Crippen molar-refractivity contribution < 1.29 is 65.9 Å². The molecule has 3 aromatic rings. The first-order chi connectivity index (χ1) is 26.8. The number of aliphatic carboxylic acids is 1. The van der Waals surface area contributed by atoms with Crippen LogP contribution in [0.25, 0.3) is 6.08 Å². The van der Waals surface area contributed by atoms with Gasteiger partial charge in [-0.05, 0) is 37.3 Å². The number of carbonyl (C=O) groups is 4. The zero-order valence-corrected chi connectivity index (χ0v) is 30.9. The second-order valence-corrected chi connectivity index (χ2v) is 13.7. The van der Waals surface area contributed by atoms with Crippen molar-refractivity contribution in [2.75, 3.05) is 19.8 Å². The van der Waals surface area contributed by atoms with Crippen LogP contribution < -0.4 is 0 Å². The molecule has 1 fully saturated rings. The molecule has 0 saturated carbocycles. The standard InChI is InChI=1S/C37H37F3N4O11S/c1-23(56-28-18-51-35(52-19-28)6-4-3-5-26-8-7-25(17-41)15-30(26)39)37(20-44-22-42-21-43-44,29-10-9-27(38)16-31(29)40)55-36(49)54-24(2)53-34(48)12-11-33(47)50-14-13-32(45)46/h3-10,15-16,21-24,28,35H,11-14,18-20H2,1-2H3,(H,45,46). The number of thioether (sulfide) groups is 1. The van der Waals surface area contributed by atoms with Gasteiger partial charge < -0.3 is 33.5 Å². The van der Waals surface area contributed by atoms with E-state index in [4.69, 9.17) is 38.8 Å². The van der Waals surface area contributed by atoms with Gasteiger partial charge in [-0.15, -0.1) is 11.8 Å². The van der Waals surface area contributed by atoms with Gasteiger partial charge >= 0.3 is 24.1 Å². The largest absolute Gasteiger partial charge is 0.512 e. The normalized spacial score (nSPS) is 17.7. The molecule has 0 radical (unpaired) electrons. The Morgan fingerprint density at radius 1 is 1.04 bits per heavy atom. The van der Waals surface area contributed by atoms with E-state index < -0.39 is 89.5 Å². The number of halogens is 3. The number of carboxylic acid groups (broad SMARTS) is 1. The van der Waals surface area contributed by atoms with Crippen LogP contribution >= 0.6 is 11.8 Å². The molecular weight excluding hydrogens is 765 g/mol. The Labute approximate surface area is 323 Å². The number of esters is 2. The lowest BCUT2D eigenvalue weighted by Crippen LogP contribution is -2.47. The van der Waals surface area contributed by atoms with E-state index in [-0.39, 0.29) is 43.1 Å². The number of carbonyl (C=O) groups excluding carboxylic acids is 3. The average molecular weight is 803 g/mol. The number of carboxylic acids is 1. The Bertz CT molecular complexity index is 1930. The number of aromatic nitrogens is 3. The number of rotatable bonds is 18. The summed E-state index contributed by atoms with van der Waals surface area (Å²) in [7, 11) is 0. The molecule has 56 heavy (non-hydrogen) atoms. The minimum Gasteiger partial charge on any atom is -0.481 e. The molecule has 0 bridgehead atoms. The highest BCUT2D eigenvalue weighted by Crippen LogP contribution is 2.42. The molecule has 1 aliphatic heterocycles. The van der Waals surface area contributed by atoms with Gasteiger partial charge in [0.2, 0.25) is 6.29 Å². The van der Waals surface area contributed by atoms with Crippen molar-refractivity contribution >= 4 is 41.9 Å². The SMILES string of the molecule is CC(OC(=O)CCC(=O)OCCC(=O)O)OC(=O)OC(Cn1cncn1)(c1ccc(F)cc1F)C(C)SC1COC(C=CC=Cc2ccc(C#N)cc2F)OC1. The highest BCUT2D eigenvalue weighted by molar-refractivity contribution is 8.00. The zero-order valence-electron chi connectivity index (χ0n) is 30.0. The summed E-state index contributed by atoms with van der Waals surface area (Å²) in [6.45, 7) is 2.39. The van der Waals surface area contributed by atoms with Gasteiger partial charge in [-0.1, -0.05) is 24.3 Å². The fourth-order valence-corrected chi connectivity index (χ4v) is 6.59. The van der Waals surface area contributed by atoms with Crippen molar-refractivity contribution in [1.29, 1.82) is 5.26 Å². The maximum absolute atomic E-state index is 15.7. The maximum Gasteiger partial charge on any atom is 0.512 e. The van der Waals surface area contributed by atoms with Crippen LogP contribution in [0.5, 0.6) is 0 Å². The van der Waals surface area contributed by atoms with E-state index in [0.29, 0.717) is 6.07 Å². The summed E-state index contributed by atoms with van der Waals surface area (Å²) in [5, 5.41) is 20.4. The Kier molecular flexibility index (Phi) is 16.0. The van der Waals surface area contributed by atoms with Gasteiger partial charge in [-0.3, -0.25) is 14.4 Å². The van der Waals surface area contributed by atoms with Crippen LogP contribution in [0.2, 0.25) is 0 Å². The molecule has 2 aromatic carbocycles. The average Bonchev–Trinajstić information content (AvgIpc) is 3.66. The van der Waals surface area contributed by atoms with E-state index in [1.807, 2.05) is 6.07 Å². The quantitative estimate of drug-likeness (QED) is 0.0738. The predicted molar refractivity (Wildman–Crippen MR) is 189 cm³/mol. The molecule has 2 heterocycles. The summed E-state index contributed by atoms with van der Waals surface area (Å²) in [6.07, 6.45) is 3.79. The molecule has 15 nitrogen and oxygen atoms in total. The van der Waals surface area contributed by atoms with Gasteiger partial charge in [-0.2, -0.15) is 10.4 Å². The highest BCUT2D eigenvalue weighted by Gasteiger charge is 2.47.